The van der Waals surface area contributed by atoms with Crippen molar-refractivity contribution < 1.29 is 36.7 Å². The maximum absolute atomic E-state index is 6.64. The minimum absolute atomic E-state index is 0.340. The van der Waals surface area contributed by atoms with E-state index >= 15 is 0 Å². The summed E-state index contributed by atoms with van der Waals surface area (Å²) in [7, 11) is -3.84. The molecule has 0 N–H and O–H groups in total. The predicted molar refractivity (Wildman–Crippen MR) is 224 cm³/mol. The average molecular weight is 761 g/mol. The van der Waals surface area contributed by atoms with Gasteiger partial charge in [-0.2, -0.15) is 0 Å². The second kappa shape index (κ2) is 38.1. The highest BCUT2D eigenvalue weighted by Gasteiger charge is 2.51. The summed E-state index contributed by atoms with van der Waals surface area (Å²) in [4.78, 5) is 0. The lowest BCUT2D eigenvalue weighted by Gasteiger charge is -2.36. The molecule has 0 bridgehead atoms. The zero-order valence-corrected chi connectivity index (χ0v) is 35.0. The molecule has 0 saturated carbocycles. The third kappa shape index (κ3) is 34.1. The second-order valence-corrected chi connectivity index (χ2v) is 15.1. The van der Waals surface area contributed by atoms with Crippen LogP contribution in [0, 0.1) is 0 Å². The number of ether oxygens (including phenoxy) is 4. The van der Waals surface area contributed by atoms with Gasteiger partial charge in [-0.05, 0) is 105 Å². The molecule has 9 heteroatoms. The first kappa shape index (κ1) is 50.8. The Balaban J connectivity index is 5.73. The van der Waals surface area contributed by atoms with Crippen LogP contribution in [-0.4, -0.2) is 86.3 Å². The smallest absolute Gasteiger partial charge is 0.375 e. The van der Waals surface area contributed by atoms with E-state index in [2.05, 4.69) is 50.6 Å². The third-order valence-corrected chi connectivity index (χ3v) is 10.2. The summed E-state index contributed by atoms with van der Waals surface area (Å²) >= 11 is 0. The summed E-state index contributed by atoms with van der Waals surface area (Å²) in [6.45, 7) is 26.2. The van der Waals surface area contributed by atoms with Crippen molar-refractivity contribution >= 4 is 9.05 Å². The first-order valence-electron chi connectivity index (χ1n) is 19.9. The molecule has 0 aliphatic carbocycles. The van der Waals surface area contributed by atoms with Gasteiger partial charge in [0.2, 0.25) is 0 Å². The fraction of sp³-hybridized carbons (Fsp3) is 0.636. The standard InChI is InChI=1S/C44H76O8Si/c1-9-13-17-21-25-29-33-45-37-41(5)49-53(50-42(6)38-46-34-30-26-22-18-14-10-2,51-43(7)39-47-35-31-27-23-19-15-11-3)52-44(8)40-48-36-32-28-24-20-16-12-4/h9-12,25-32,41-44H,1-4,13-24,33-40H2,5-8H3. The molecule has 0 spiro atoms. The fourth-order valence-electron chi connectivity index (χ4n) is 4.76. The van der Waals surface area contributed by atoms with Crippen LogP contribution < -0.4 is 0 Å². The summed E-state index contributed by atoms with van der Waals surface area (Å²) in [5.74, 6) is 0. The van der Waals surface area contributed by atoms with Gasteiger partial charge in [-0.15, -0.1) is 26.3 Å². The second-order valence-electron chi connectivity index (χ2n) is 13.1. The molecule has 0 aromatic rings. The number of unbranched alkanes of at least 4 members (excludes halogenated alkanes) is 8. The molecule has 0 amide bonds. The molecule has 8 nitrogen and oxygen atoms in total. The molecule has 53 heavy (non-hydrogen) atoms. The van der Waals surface area contributed by atoms with Crippen LogP contribution >= 0.6 is 0 Å². The van der Waals surface area contributed by atoms with Crippen LogP contribution in [0.15, 0.2) is 99.2 Å². The minimum Gasteiger partial charge on any atom is -0.375 e. The van der Waals surface area contributed by atoms with E-state index in [0.717, 1.165) is 77.0 Å². The average Bonchev–Trinajstić information content (AvgIpc) is 3.12. The van der Waals surface area contributed by atoms with Crippen molar-refractivity contribution in [1.29, 1.82) is 0 Å². The Kier molecular flexibility index (Phi) is 36.5. The summed E-state index contributed by atoms with van der Waals surface area (Å²) in [6, 6.07) is 0. The SMILES string of the molecule is C=CCCCC=CCOCC(C)O[Si](OC(C)COCC=CCCCC=C)(OC(C)COCC=CCCCC=C)OC(C)COCC=CCCCC=C. The molecular formula is C44H76O8Si. The molecule has 0 heterocycles. The molecule has 0 aliphatic rings. The number of allylic oxidation sites excluding steroid dienone is 8. The Morgan fingerprint density at radius 1 is 0.358 bits per heavy atom. The van der Waals surface area contributed by atoms with Crippen LogP contribution in [0.1, 0.15) is 105 Å². The van der Waals surface area contributed by atoms with Gasteiger partial charge in [-0.25, -0.2) is 0 Å². The van der Waals surface area contributed by atoms with Crippen molar-refractivity contribution in [3.63, 3.8) is 0 Å². The Morgan fingerprint density at radius 2 is 0.585 bits per heavy atom. The highest BCUT2D eigenvalue weighted by Crippen LogP contribution is 2.22. The summed E-state index contributed by atoms with van der Waals surface area (Å²) in [5.41, 5.74) is 0. The zero-order valence-electron chi connectivity index (χ0n) is 34.0. The van der Waals surface area contributed by atoms with Gasteiger partial charge in [0.05, 0.1) is 77.3 Å². The van der Waals surface area contributed by atoms with Crippen LogP contribution in [-0.2, 0) is 36.7 Å². The van der Waals surface area contributed by atoms with Gasteiger partial charge in [0.15, 0.2) is 0 Å². The van der Waals surface area contributed by atoms with Gasteiger partial charge >= 0.3 is 9.05 Å². The van der Waals surface area contributed by atoms with Crippen molar-refractivity contribution in [2.45, 2.75) is 129 Å². The quantitative estimate of drug-likeness (QED) is 0.0347. The van der Waals surface area contributed by atoms with Gasteiger partial charge < -0.3 is 36.7 Å². The maximum Gasteiger partial charge on any atom is 0.680 e. The van der Waals surface area contributed by atoms with Crippen LogP contribution in [0.4, 0.5) is 0 Å². The first-order valence-corrected chi connectivity index (χ1v) is 21.5. The molecule has 0 aliphatic heterocycles. The van der Waals surface area contributed by atoms with Gasteiger partial charge in [0.1, 0.15) is 0 Å². The van der Waals surface area contributed by atoms with Crippen molar-refractivity contribution in [2.75, 3.05) is 52.9 Å². The highest BCUT2D eigenvalue weighted by atomic mass is 28.4. The molecular weight excluding hydrogens is 685 g/mol. The normalized spacial score (nSPS) is 15.6. The topological polar surface area (TPSA) is 73.8 Å². The largest absolute Gasteiger partial charge is 0.680 e. The predicted octanol–water partition coefficient (Wildman–Crippen LogP) is 10.8. The van der Waals surface area contributed by atoms with E-state index in [0.29, 0.717) is 52.9 Å². The van der Waals surface area contributed by atoms with Crippen molar-refractivity contribution in [1.82, 2.24) is 0 Å². The Morgan fingerprint density at radius 3 is 0.792 bits per heavy atom. The van der Waals surface area contributed by atoms with Gasteiger partial charge in [0, 0.05) is 0 Å². The monoisotopic (exact) mass is 761 g/mol. The molecule has 4 unspecified atom stereocenters. The van der Waals surface area contributed by atoms with E-state index < -0.39 is 9.05 Å². The van der Waals surface area contributed by atoms with Gasteiger partial charge in [-0.1, -0.05) is 72.9 Å². The number of hydrogen-bond acceptors (Lipinski definition) is 8. The minimum atomic E-state index is -3.84. The molecule has 304 valence electrons. The molecule has 0 radical (unpaired) electrons. The fourth-order valence-corrected chi connectivity index (χ4v) is 7.34. The molecule has 0 aromatic heterocycles. The van der Waals surface area contributed by atoms with Crippen LogP contribution in [0.2, 0.25) is 0 Å². The summed E-state index contributed by atoms with van der Waals surface area (Å²) in [5, 5.41) is 0. The molecule has 0 saturated heterocycles. The van der Waals surface area contributed by atoms with E-state index in [1.165, 1.54) is 0 Å². The molecule has 0 rings (SSSR count). The summed E-state index contributed by atoms with van der Waals surface area (Å²) < 4.78 is 50.4. The number of hydrogen-bond donors (Lipinski definition) is 0. The van der Waals surface area contributed by atoms with Crippen molar-refractivity contribution in [3.05, 3.63) is 99.2 Å². The van der Waals surface area contributed by atoms with Crippen molar-refractivity contribution in [3.8, 4) is 0 Å². The first-order chi connectivity index (χ1) is 25.8. The Bertz CT molecular complexity index is 836. The third-order valence-electron chi connectivity index (χ3n) is 7.43. The van der Waals surface area contributed by atoms with Crippen LogP contribution in [0.3, 0.4) is 0 Å². The highest BCUT2D eigenvalue weighted by molar-refractivity contribution is 6.53. The summed E-state index contributed by atoms with van der Waals surface area (Å²) in [6.07, 6.45) is 35.3. The molecule has 4 atom stereocenters. The van der Waals surface area contributed by atoms with E-state index in [-0.39, 0.29) is 24.4 Å². The van der Waals surface area contributed by atoms with E-state index in [1.54, 1.807) is 0 Å². The Labute approximate surface area is 326 Å². The van der Waals surface area contributed by atoms with Crippen molar-refractivity contribution in [2.24, 2.45) is 0 Å². The van der Waals surface area contributed by atoms with Crippen LogP contribution in [0.25, 0.3) is 0 Å². The van der Waals surface area contributed by atoms with E-state index in [1.807, 2.05) is 76.3 Å². The zero-order chi connectivity index (χ0) is 39.1. The van der Waals surface area contributed by atoms with Crippen LogP contribution in [0.5, 0.6) is 0 Å². The number of rotatable bonds is 40. The lowest BCUT2D eigenvalue weighted by Crippen LogP contribution is -2.57. The molecule has 0 aromatic carbocycles. The van der Waals surface area contributed by atoms with Gasteiger partial charge in [-0.3, -0.25) is 0 Å². The lowest BCUT2D eigenvalue weighted by atomic mass is 10.2. The lowest BCUT2D eigenvalue weighted by molar-refractivity contribution is -0.126. The Hall–Kier alpha value is -2.18. The molecule has 0 fully saturated rings. The van der Waals surface area contributed by atoms with E-state index in [9.17, 15) is 0 Å². The maximum atomic E-state index is 6.64. The van der Waals surface area contributed by atoms with E-state index in [4.69, 9.17) is 36.7 Å². The van der Waals surface area contributed by atoms with Gasteiger partial charge in [0.25, 0.3) is 0 Å².